The van der Waals surface area contributed by atoms with Gasteiger partial charge in [0.05, 0.1) is 6.10 Å². The smallest absolute Gasteiger partial charge is 0.0542 e. The highest BCUT2D eigenvalue weighted by molar-refractivity contribution is 4.77. The van der Waals surface area contributed by atoms with E-state index in [2.05, 4.69) is 6.92 Å². The number of hydrogen-bond donors (Lipinski definition) is 1. The van der Waals surface area contributed by atoms with Gasteiger partial charge < -0.3 is 5.11 Å². The normalized spacial score (nSPS) is 39.0. The fourth-order valence-electron chi connectivity index (χ4n) is 1.89. The van der Waals surface area contributed by atoms with E-state index in [4.69, 9.17) is 0 Å². The standard InChI is InChI=1S/C8H16O/c1-6-4-3-5-8(6)7(2)9/h6-9H,3-5H2,1-2H3/t6-,7?,8+/m1/s1. The molecule has 1 nitrogen and oxygen atoms in total. The molecule has 0 heterocycles. The molecule has 1 rings (SSSR count). The first-order valence-electron chi connectivity index (χ1n) is 3.90. The topological polar surface area (TPSA) is 20.2 Å². The molecule has 0 aromatic rings. The predicted octanol–water partition coefficient (Wildman–Crippen LogP) is 1.80. The van der Waals surface area contributed by atoms with E-state index in [1.54, 1.807) is 0 Å². The third-order valence-electron chi connectivity index (χ3n) is 2.55. The average molecular weight is 128 g/mol. The molecule has 1 fully saturated rings. The van der Waals surface area contributed by atoms with Crippen molar-refractivity contribution in [2.75, 3.05) is 0 Å². The zero-order valence-corrected chi connectivity index (χ0v) is 6.30. The quantitative estimate of drug-likeness (QED) is 0.571. The van der Waals surface area contributed by atoms with E-state index in [0.717, 1.165) is 5.92 Å². The Morgan fingerprint density at radius 2 is 2.11 bits per heavy atom. The van der Waals surface area contributed by atoms with Crippen molar-refractivity contribution in [2.24, 2.45) is 11.8 Å². The van der Waals surface area contributed by atoms with Crippen molar-refractivity contribution in [3.05, 3.63) is 0 Å². The third kappa shape index (κ3) is 1.45. The van der Waals surface area contributed by atoms with Crippen molar-refractivity contribution in [2.45, 2.75) is 39.2 Å². The number of aliphatic hydroxyl groups is 1. The molecule has 0 saturated heterocycles. The van der Waals surface area contributed by atoms with Crippen LogP contribution < -0.4 is 0 Å². The lowest BCUT2D eigenvalue weighted by Crippen LogP contribution is -2.18. The molecule has 1 aliphatic rings. The van der Waals surface area contributed by atoms with Crippen molar-refractivity contribution in [1.29, 1.82) is 0 Å². The fourth-order valence-corrected chi connectivity index (χ4v) is 1.89. The summed E-state index contributed by atoms with van der Waals surface area (Å²) in [7, 11) is 0. The first kappa shape index (κ1) is 7.07. The monoisotopic (exact) mass is 128 g/mol. The Hall–Kier alpha value is -0.0400. The van der Waals surface area contributed by atoms with Crippen LogP contribution in [0.3, 0.4) is 0 Å². The van der Waals surface area contributed by atoms with E-state index in [1.165, 1.54) is 19.3 Å². The summed E-state index contributed by atoms with van der Waals surface area (Å²) in [4.78, 5) is 0. The lowest BCUT2D eigenvalue weighted by molar-refractivity contribution is 0.107. The highest BCUT2D eigenvalue weighted by Gasteiger charge is 2.26. The van der Waals surface area contributed by atoms with Crippen molar-refractivity contribution in [1.82, 2.24) is 0 Å². The maximum atomic E-state index is 9.22. The van der Waals surface area contributed by atoms with Gasteiger partial charge in [0.15, 0.2) is 0 Å². The lowest BCUT2D eigenvalue weighted by Gasteiger charge is -2.17. The molecule has 0 aromatic carbocycles. The summed E-state index contributed by atoms with van der Waals surface area (Å²) in [6, 6.07) is 0. The average Bonchev–Trinajstić information content (AvgIpc) is 2.13. The van der Waals surface area contributed by atoms with Gasteiger partial charge >= 0.3 is 0 Å². The van der Waals surface area contributed by atoms with Gasteiger partial charge in [0.25, 0.3) is 0 Å². The van der Waals surface area contributed by atoms with Crippen LogP contribution in [0.15, 0.2) is 0 Å². The van der Waals surface area contributed by atoms with Crippen molar-refractivity contribution >= 4 is 0 Å². The zero-order chi connectivity index (χ0) is 6.85. The van der Waals surface area contributed by atoms with Crippen LogP contribution in [-0.2, 0) is 0 Å². The maximum absolute atomic E-state index is 9.22. The second kappa shape index (κ2) is 2.70. The van der Waals surface area contributed by atoms with Gasteiger partial charge in [0.1, 0.15) is 0 Å². The van der Waals surface area contributed by atoms with Gasteiger partial charge in [-0.15, -0.1) is 0 Å². The van der Waals surface area contributed by atoms with Gasteiger partial charge in [-0.25, -0.2) is 0 Å². The second-order valence-corrected chi connectivity index (χ2v) is 3.31. The van der Waals surface area contributed by atoms with Gasteiger partial charge in [-0.1, -0.05) is 19.8 Å². The van der Waals surface area contributed by atoms with Gasteiger partial charge in [0, 0.05) is 0 Å². The molecule has 3 atom stereocenters. The van der Waals surface area contributed by atoms with Crippen LogP contribution in [0.25, 0.3) is 0 Å². The van der Waals surface area contributed by atoms with Crippen molar-refractivity contribution in [3.63, 3.8) is 0 Å². The molecule has 1 saturated carbocycles. The highest BCUT2D eigenvalue weighted by atomic mass is 16.3. The second-order valence-electron chi connectivity index (χ2n) is 3.31. The summed E-state index contributed by atoms with van der Waals surface area (Å²) in [5.41, 5.74) is 0. The summed E-state index contributed by atoms with van der Waals surface area (Å²) in [5, 5.41) is 9.22. The van der Waals surface area contributed by atoms with E-state index < -0.39 is 0 Å². The van der Waals surface area contributed by atoms with Gasteiger partial charge in [-0.2, -0.15) is 0 Å². The minimum Gasteiger partial charge on any atom is -0.393 e. The van der Waals surface area contributed by atoms with Crippen LogP contribution in [0.4, 0.5) is 0 Å². The Kier molecular flexibility index (Phi) is 2.12. The van der Waals surface area contributed by atoms with Crippen LogP contribution in [-0.4, -0.2) is 11.2 Å². The van der Waals surface area contributed by atoms with E-state index in [-0.39, 0.29) is 6.10 Å². The molecule has 0 aliphatic heterocycles. The van der Waals surface area contributed by atoms with Crippen LogP contribution in [0, 0.1) is 11.8 Å². The van der Waals surface area contributed by atoms with Crippen LogP contribution in [0.2, 0.25) is 0 Å². The SMILES string of the molecule is CC(O)[C@H]1CCC[C@H]1C. The largest absolute Gasteiger partial charge is 0.393 e. The molecule has 0 radical (unpaired) electrons. The summed E-state index contributed by atoms with van der Waals surface area (Å²) >= 11 is 0. The molecule has 1 heteroatoms. The molecule has 1 N–H and O–H groups in total. The van der Waals surface area contributed by atoms with Crippen LogP contribution in [0.1, 0.15) is 33.1 Å². The van der Waals surface area contributed by atoms with E-state index in [9.17, 15) is 5.11 Å². The first-order chi connectivity index (χ1) is 4.22. The van der Waals surface area contributed by atoms with Crippen LogP contribution in [0.5, 0.6) is 0 Å². The number of rotatable bonds is 1. The van der Waals surface area contributed by atoms with Crippen molar-refractivity contribution in [3.8, 4) is 0 Å². The highest BCUT2D eigenvalue weighted by Crippen LogP contribution is 2.33. The molecular weight excluding hydrogens is 112 g/mol. The molecule has 1 aliphatic carbocycles. The molecular formula is C8H16O. The Bertz CT molecular complexity index is 88.6. The summed E-state index contributed by atoms with van der Waals surface area (Å²) in [6.45, 7) is 4.15. The zero-order valence-electron chi connectivity index (χ0n) is 6.30. The predicted molar refractivity (Wildman–Crippen MR) is 38.2 cm³/mol. The van der Waals surface area contributed by atoms with E-state index >= 15 is 0 Å². The Morgan fingerprint density at radius 3 is 2.33 bits per heavy atom. The first-order valence-corrected chi connectivity index (χ1v) is 3.90. The summed E-state index contributed by atoms with van der Waals surface area (Å²) < 4.78 is 0. The Morgan fingerprint density at radius 1 is 1.44 bits per heavy atom. The lowest BCUT2D eigenvalue weighted by atomic mass is 9.93. The van der Waals surface area contributed by atoms with Crippen LogP contribution >= 0.6 is 0 Å². The van der Waals surface area contributed by atoms with Gasteiger partial charge in [-0.3, -0.25) is 0 Å². The third-order valence-corrected chi connectivity index (χ3v) is 2.55. The van der Waals surface area contributed by atoms with Gasteiger partial charge in [-0.05, 0) is 25.2 Å². The summed E-state index contributed by atoms with van der Waals surface area (Å²) in [5.74, 6) is 1.34. The molecule has 54 valence electrons. The fraction of sp³-hybridized carbons (Fsp3) is 1.00. The minimum atomic E-state index is -0.0810. The minimum absolute atomic E-state index is 0.0810. The molecule has 0 aromatic heterocycles. The van der Waals surface area contributed by atoms with E-state index in [0.29, 0.717) is 5.92 Å². The Balaban J connectivity index is 2.40. The van der Waals surface area contributed by atoms with Crippen molar-refractivity contribution < 1.29 is 5.11 Å². The molecule has 9 heavy (non-hydrogen) atoms. The molecule has 0 amide bonds. The number of hydrogen-bond acceptors (Lipinski definition) is 1. The van der Waals surface area contributed by atoms with E-state index in [1.807, 2.05) is 6.92 Å². The Labute approximate surface area is 57.1 Å². The van der Waals surface area contributed by atoms with Gasteiger partial charge in [0.2, 0.25) is 0 Å². The molecule has 0 bridgehead atoms. The number of aliphatic hydroxyl groups excluding tert-OH is 1. The molecule has 1 unspecified atom stereocenters. The summed E-state index contributed by atoms with van der Waals surface area (Å²) in [6.07, 6.45) is 3.79. The molecule has 0 spiro atoms. The maximum Gasteiger partial charge on any atom is 0.0542 e.